The minimum absolute atomic E-state index is 0.176. The number of fused-ring (bicyclic) bond motifs is 1. The van der Waals surface area contributed by atoms with Crippen LogP contribution in [-0.2, 0) is 0 Å². The van der Waals surface area contributed by atoms with Gasteiger partial charge in [-0.1, -0.05) is 6.07 Å². The van der Waals surface area contributed by atoms with E-state index in [-0.39, 0.29) is 11.6 Å². The number of anilines is 1. The van der Waals surface area contributed by atoms with Crippen LogP contribution in [0.1, 0.15) is 15.2 Å². The fraction of sp³-hybridized carbons (Fsp3) is 0.150. The second-order valence-corrected chi connectivity index (χ2v) is 7.04. The van der Waals surface area contributed by atoms with E-state index in [1.807, 2.05) is 24.3 Å². The third-order valence-corrected chi connectivity index (χ3v) is 5.16. The molecular weight excluding hydrogens is 353 g/mol. The van der Waals surface area contributed by atoms with Gasteiger partial charge in [0.25, 0.3) is 5.91 Å². The standard InChI is InChI=1S/C20H16FNO3S/c1-12-2-4-15(14(21)10-12)22-20(23)19-7-6-18(26-19)13-3-5-16-17(11-13)25-9-8-24-16/h2-7,10-11H,8-9H2,1H3,(H,22,23). The minimum atomic E-state index is -0.443. The Morgan fingerprint density at radius 1 is 1.04 bits per heavy atom. The second-order valence-electron chi connectivity index (χ2n) is 5.96. The van der Waals surface area contributed by atoms with E-state index in [2.05, 4.69) is 5.32 Å². The molecule has 3 aromatic rings. The molecule has 1 amide bonds. The van der Waals surface area contributed by atoms with Crippen molar-refractivity contribution in [2.24, 2.45) is 0 Å². The van der Waals surface area contributed by atoms with Crippen LogP contribution in [0.3, 0.4) is 0 Å². The lowest BCUT2D eigenvalue weighted by Gasteiger charge is -2.18. The van der Waals surface area contributed by atoms with Crippen LogP contribution in [0, 0.1) is 12.7 Å². The summed E-state index contributed by atoms with van der Waals surface area (Å²) in [6, 6.07) is 14.0. The van der Waals surface area contributed by atoms with Gasteiger partial charge in [-0.05, 0) is 60.5 Å². The summed E-state index contributed by atoms with van der Waals surface area (Å²) in [6.07, 6.45) is 0. The van der Waals surface area contributed by atoms with Crippen molar-refractivity contribution in [3.63, 3.8) is 0 Å². The predicted octanol–water partition coefficient (Wildman–Crippen LogP) is 4.89. The molecule has 0 bridgehead atoms. The number of carbonyl (C=O) groups is 1. The highest BCUT2D eigenvalue weighted by molar-refractivity contribution is 7.17. The average Bonchev–Trinajstić information content (AvgIpc) is 3.14. The Morgan fingerprint density at radius 3 is 2.65 bits per heavy atom. The van der Waals surface area contributed by atoms with Gasteiger partial charge >= 0.3 is 0 Å². The topological polar surface area (TPSA) is 47.6 Å². The summed E-state index contributed by atoms with van der Waals surface area (Å²) in [5.74, 6) is 0.655. The van der Waals surface area contributed by atoms with E-state index in [0.717, 1.165) is 21.8 Å². The zero-order valence-corrected chi connectivity index (χ0v) is 14.9. The van der Waals surface area contributed by atoms with Crippen LogP contribution in [0.25, 0.3) is 10.4 Å². The van der Waals surface area contributed by atoms with Crippen LogP contribution in [0.2, 0.25) is 0 Å². The van der Waals surface area contributed by atoms with E-state index < -0.39 is 5.82 Å². The van der Waals surface area contributed by atoms with Crippen molar-refractivity contribution in [3.05, 3.63) is 64.8 Å². The Hall–Kier alpha value is -2.86. The maximum Gasteiger partial charge on any atom is 0.265 e. The summed E-state index contributed by atoms with van der Waals surface area (Å²) < 4.78 is 25.0. The number of thiophene rings is 1. The van der Waals surface area contributed by atoms with Gasteiger partial charge in [0.05, 0.1) is 10.6 Å². The van der Waals surface area contributed by atoms with E-state index in [4.69, 9.17) is 9.47 Å². The van der Waals surface area contributed by atoms with Gasteiger partial charge in [0.2, 0.25) is 0 Å². The maximum absolute atomic E-state index is 13.9. The predicted molar refractivity (Wildman–Crippen MR) is 99.8 cm³/mol. The molecule has 0 atom stereocenters. The van der Waals surface area contributed by atoms with Crippen molar-refractivity contribution < 1.29 is 18.7 Å². The molecule has 6 heteroatoms. The van der Waals surface area contributed by atoms with E-state index in [0.29, 0.717) is 23.8 Å². The van der Waals surface area contributed by atoms with Gasteiger partial charge in [-0.3, -0.25) is 4.79 Å². The smallest absolute Gasteiger partial charge is 0.265 e. The van der Waals surface area contributed by atoms with Crippen molar-refractivity contribution in [3.8, 4) is 21.9 Å². The fourth-order valence-electron chi connectivity index (χ4n) is 2.72. The van der Waals surface area contributed by atoms with Gasteiger partial charge < -0.3 is 14.8 Å². The Balaban J connectivity index is 1.55. The van der Waals surface area contributed by atoms with Crippen LogP contribution in [0.5, 0.6) is 11.5 Å². The zero-order chi connectivity index (χ0) is 18.1. The van der Waals surface area contributed by atoms with Crippen molar-refractivity contribution in [2.75, 3.05) is 18.5 Å². The van der Waals surface area contributed by atoms with Crippen molar-refractivity contribution in [2.45, 2.75) is 6.92 Å². The molecule has 0 aliphatic carbocycles. The third kappa shape index (κ3) is 3.28. The van der Waals surface area contributed by atoms with E-state index in [1.54, 1.807) is 25.1 Å². The molecule has 26 heavy (non-hydrogen) atoms. The van der Waals surface area contributed by atoms with Gasteiger partial charge in [-0.2, -0.15) is 0 Å². The molecule has 0 saturated heterocycles. The van der Waals surface area contributed by atoms with Gasteiger partial charge in [0.15, 0.2) is 11.5 Å². The molecule has 1 aliphatic heterocycles. The number of aryl methyl sites for hydroxylation is 1. The molecule has 2 heterocycles. The first kappa shape index (κ1) is 16.6. The molecule has 2 aromatic carbocycles. The van der Waals surface area contributed by atoms with Gasteiger partial charge in [0, 0.05) is 4.88 Å². The van der Waals surface area contributed by atoms with Crippen LogP contribution in [0.15, 0.2) is 48.5 Å². The highest BCUT2D eigenvalue weighted by atomic mass is 32.1. The van der Waals surface area contributed by atoms with Crippen LogP contribution < -0.4 is 14.8 Å². The summed E-state index contributed by atoms with van der Waals surface area (Å²) >= 11 is 1.34. The van der Waals surface area contributed by atoms with Gasteiger partial charge in [-0.25, -0.2) is 4.39 Å². The molecule has 1 N–H and O–H groups in total. The number of hydrogen-bond acceptors (Lipinski definition) is 4. The quantitative estimate of drug-likeness (QED) is 0.715. The molecule has 0 saturated carbocycles. The molecule has 1 aliphatic rings. The number of rotatable bonds is 3. The number of halogens is 1. The highest BCUT2D eigenvalue weighted by Gasteiger charge is 2.16. The maximum atomic E-state index is 13.9. The number of carbonyl (C=O) groups excluding carboxylic acids is 1. The number of nitrogens with one attached hydrogen (secondary N) is 1. The molecule has 0 spiro atoms. The molecule has 132 valence electrons. The van der Waals surface area contributed by atoms with Crippen molar-refractivity contribution >= 4 is 22.9 Å². The van der Waals surface area contributed by atoms with Gasteiger partial charge in [-0.15, -0.1) is 11.3 Å². The summed E-state index contributed by atoms with van der Waals surface area (Å²) in [7, 11) is 0. The van der Waals surface area contributed by atoms with Gasteiger partial charge in [0.1, 0.15) is 19.0 Å². The minimum Gasteiger partial charge on any atom is -0.486 e. The second kappa shape index (κ2) is 6.80. The van der Waals surface area contributed by atoms with E-state index in [1.165, 1.54) is 17.4 Å². The Morgan fingerprint density at radius 2 is 1.85 bits per heavy atom. The average molecular weight is 369 g/mol. The zero-order valence-electron chi connectivity index (χ0n) is 14.0. The molecule has 4 nitrogen and oxygen atoms in total. The van der Waals surface area contributed by atoms with Crippen molar-refractivity contribution in [1.29, 1.82) is 0 Å². The molecule has 0 fully saturated rings. The Kier molecular flexibility index (Phi) is 4.34. The summed E-state index contributed by atoms with van der Waals surface area (Å²) in [4.78, 5) is 13.9. The third-order valence-electron chi connectivity index (χ3n) is 4.03. The first-order valence-electron chi connectivity index (χ1n) is 8.17. The number of amides is 1. The SMILES string of the molecule is Cc1ccc(NC(=O)c2ccc(-c3ccc4c(c3)OCCO4)s2)c(F)c1. The first-order chi connectivity index (χ1) is 12.6. The largest absolute Gasteiger partial charge is 0.486 e. The Labute approximate surface area is 154 Å². The lowest BCUT2D eigenvalue weighted by atomic mass is 10.1. The summed E-state index contributed by atoms with van der Waals surface area (Å²) in [5.41, 5.74) is 1.92. The lowest BCUT2D eigenvalue weighted by molar-refractivity contribution is 0.103. The summed E-state index contributed by atoms with van der Waals surface area (Å²) in [6.45, 7) is 2.87. The fourth-order valence-corrected chi connectivity index (χ4v) is 3.61. The molecule has 0 radical (unpaired) electrons. The number of hydrogen-bond donors (Lipinski definition) is 1. The monoisotopic (exact) mass is 369 g/mol. The summed E-state index contributed by atoms with van der Waals surface area (Å²) in [5, 5.41) is 2.62. The first-order valence-corrected chi connectivity index (χ1v) is 8.99. The van der Waals surface area contributed by atoms with E-state index >= 15 is 0 Å². The molecule has 0 unspecified atom stereocenters. The normalized spacial score (nSPS) is 12.7. The molecule has 4 rings (SSSR count). The molecular formula is C20H16FNO3S. The number of benzene rings is 2. The van der Waals surface area contributed by atoms with Crippen LogP contribution >= 0.6 is 11.3 Å². The Bertz CT molecular complexity index is 983. The lowest BCUT2D eigenvalue weighted by Crippen LogP contribution is -2.15. The number of ether oxygens (including phenoxy) is 2. The van der Waals surface area contributed by atoms with E-state index in [9.17, 15) is 9.18 Å². The molecule has 1 aromatic heterocycles. The van der Waals surface area contributed by atoms with Crippen LogP contribution in [0.4, 0.5) is 10.1 Å². The van der Waals surface area contributed by atoms with Crippen molar-refractivity contribution in [1.82, 2.24) is 0 Å². The highest BCUT2D eigenvalue weighted by Crippen LogP contribution is 2.37. The van der Waals surface area contributed by atoms with Crippen LogP contribution in [-0.4, -0.2) is 19.1 Å².